The summed E-state index contributed by atoms with van der Waals surface area (Å²) in [6, 6.07) is 16.8. The second kappa shape index (κ2) is 12.7. The lowest BCUT2D eigenvalue weighted by molar-refractivity contribution is -0.114. The summed E-state index contributed by atoms with van der Waals surface area (Å²) < 4.78 is 34.2. The number of ketones is 1. The first-order chi connectivity index (χ1) is 19.9. The number of allylic oxidation sites excluding steroid dienone is 1. The van der Waals surface area contributed by atoms with Crippen molar-refractivity contribution < 1.29 is 18.3 Å². The fourth-order valence-corrected chi connectivity index (χ4v) is 5.11. The molecular formula is C33H32F2N4O2. The number of carbonyl (C=O) groups excluding carboxylic acids is 1. The van der Waals surface area contributed by atoms with Crippen LogP contribution in [0.1, 0.15) is 36.0 Å². The van der Waals surface area contributed by atoms with Crippen LogP contribution in [0.2, 0.25) is 0 Å². The van der Waals surface area contributed by atoms with Crippen LogP contribution in [0.5, 0.6) is 5.75 Å². The second-order valence-corrected chi connectivity index (χ2v) is 10.1. The Morgan fingerprint density at radius 3 is 2.63 bits per heavy atom. The molecule has 2 heterocycles. The van der Waals surface area contributed by atoms with Crippen molar-refractivity contribution in [2.75, 3.05) is 30.4 Å². The van der Waals surface area contributed by atoms with Gasteiger partial charge in [-0.1, -0.05) is 18.7 Å². The van der Waals surface area contributed by atoms with E-state index in [2.05, 4.69) is 21.8 Å². The Balaban J connectivity index is 1.52. The van der Waals surface area contributed by atoms with Gasteiger partial charge in [-0.25, -0.2) is 18.7 Å². The maximum Gasteiger partial charge on any atom is 0.227 e. The highest BCUT2D eigenvalue weighted by Gasteiger charge is 2.18. The van der Waals surface area contributed by atoms with Crippen molar-refractivity contribution in [3.63, 3.8) is 0 Å². The van der Waals surface area contributed by atoms with Gasteiger partial charge < -0.3 is 15.0 Å². The third-order valence-corrected chi connectivity index (χ3v) is 7.19. The van der Waals surface area contributed by atoms with Gasteiger partial charge in [0.1, 0.15) is 17.4 Å². The van der Waals surface area contributed by atoms with E-state index >= 15 is 0 Å². The molecule has 41 heavy (non-hydrogen) atoms. The maximum absolute atomic E-state index is 14.6. The average molecular weight is 555 g/mol. The van der Waals surface area contributed by atoms with Crippen LogP contribution in [-0.4, -0.2) is 36.0 Å². The highest BCUT2D eigenvalue weighted by Crippen LogP contribution is 2.34. The number of nitrogens with one attached hydrogen (secondary N) is 1. The Bertz CT molecular complexity index is 1570. The van der Waals surface area contributed by atoms with E-state index in [-0.39, 0.29) is 23.6 Å². The molecule has 3 aromatic carbocycles. The van der Waals surface area contributed by atoms with Crippen molar-refractivity contribution in [2.45, 2.75) is 32.1 Å². The predicted molar refractivity (Wildman–Crippen MR) is 158 cm³/mol. The van der Waals surface area contributed by atoms with Crippen molar-refractivity contribution in [2.24, 2.45) is 0 Å². The molecule has 1 saturated heterocycles. The Kier molecular flexibility index (Phi) is 8.67. The zero-order valence-electron chi connectivity index (χ0n) is 23.0. The van der Waals surface area contributed by atoms with Gasteiger partial charge in [0.2, 0.25) is 5.95 Å². The molecule has 0 radical (unpaired) electrons. The summed E-state index contributed by atoms with van der Waals surface area (Å²) in [5.74, 6) is 0.0593. The van der Waals surface area contributed by atoms with Gasteiger partial charge in [-0.2, -0.15) is 0 Å². The molecule has 0 atom stereocenters. The number of hydrogen-bond donors (Lipinski definition) is 1. The van der Waals surface area contributed by atoms with Crippen LogP contribution in [0.4, 0.5) is 26.1 Å². The smallest absolute Gasteiger partial charge is 0.227 e. The monoisotopic (exact) mass is 554 g/mol. The van der Waals surface area contributed by atoms with E-state index in [0.29, 0.717) is 23.6 Å². The van der Waals surface area contributed by atoms with Gasteiger partial charge in [0, 0.05) is 48.9 Å². The molecule has 1 aliphatic rings. The topological polar surface area (TPSA) is 67.3 Å². The molecule has 0 amide bonds. The second-order valence-electron chi connectivity index (χ2n) is 10.1. The van der Waals surface area contributed by atoms with Gasteiger partial charge in [0.25, 0.3) is 0 Å². The highest BCUT2D eigenvalue weighted by molar-refractivity contribution is 5.91. The number of methoxy groups -OCH3 is 1. The van der Waals surface area contributed by atoms with Gasteiger partial charge in [-0.15, -0.1) is 0 Å². The molecule has 1 N–H and O–H groups in total. The molecule has 0 spiro atoms. The minimum atomic E-state index is -0.480. The molecule has 0 saturated carbocycles. The van der Waals surface area contributed by atoms with Crippen molar-refractivity contribution in [1.29, 1.82) is 0 Å². The van der Waals surface area contributed by atoms with Crippen molar-refractivity contribution in [1.82, 2.24) is 9.97 Å². The van der Waals surface area contributed by atoms with Crippen molar-refractivity contribution in [3.05, 3.63) is 108 Å². The van der Waals surface area contributed by atoms with Crippen LogP contribution in [0.25, 0.3) is 11.3 Å². The van der Waals surface area contributed by atoms with Gasteiger partial charge in [-0.3, -0.25) is 4.79 Å². The van der Waals surface area contributed by atoms with Crippen molar-refractivity contribution in [3.8, 4) is 17.0 Å². The first-order valence-electron chi connectivity index (χ1n) is 13.7. The van der Waals surface area contributed by atoms with Crippen LogP contribution in [0.3, 0.4) is 0 Å². The fraction of sp³-hybridized carbons (Fsp3) is 0.242. The summed E-state index contributed by atoms with van der Waals surface area (Å²) in [5.41, 5.74) is 4.72. The van der Waals surface area contributed by atoms with Crippen LogP contribution < -0.4 is 15.0 Å². The number of halogens is 2. The number of carbonyl (C=O) groups is 1. The summed E-state index contributed by atoms with van der Waals surface area (Å²) in [4.78, 5) is 23.7. The number of nitrogens with zero attached hydrogens (tertiary/aromatic N) is 3. The summed E-state index contributed by atoms with van der Waals surface area (Å²) in [7, 11) is 1.67. The number of piperidine rings is 1. The van der Waals surface area contributed by atoms with E-state index in [1.54, 1.807) is 31.5 Å². The first-order valence-corrected chi connectivity index (χ1v) is 13.7. The molecule has 1 fully saturated rings. The molecule has 4 aromatic rings. The molecule has 210 valence electrons. The van der Waals surface area contributed by atoms with E-state index in [9.17, 15) is 13.6 Å². The number of benzene rings is 3. The standard InChI is InChI=1S/C33H32F2N4O2/c1-3-28(40)19-24-18-23(10-12-29(24)35)32-25(16-22-8-7-9-26(34)17-22)21-36-33(38-32)37-27-11-13-31(41-2)30(20-27)39-14-5-4-6-15-39/h3,7-13,17-18,20-21H,1,4-6,14-16,19H2,2H3,(H,36,37,38). The zero-order chi connectivity index (χ0) is 28.8. The van der Waals surface area contributed by atoms with E-state index in [1.165, 1.54) is 30.7 Å². The first kappa shape index (κ1) is 28.0. The minimum absolute atomic E-state index is 0.107. The molecular weight excluding hydrogens is 522 g/mol. The average Bonchev–Trinajstić information content (AvgIpc) is 2.99. The van der Waals surface area contributed by atoms with Crippen molar-refractivity contribution >= 4 is 23.1 Å². The lowest BCUT2D eigenvalue weighted by atomic mass is 9.98. The SMILES string of the molecule is C=CC(=O)Cc1cc(-c2nc(Nc3ccc(OC)c(N4CCCCC4)c3)ncc2Cc2cccc(F)c2)ccc1F. The number of anilines is 3. The molecule has 1 aromatic heterocycles. The Hall–Kier alpha value is -4.59. The summed E-state index contributed by atoms with van der Waals surface area (Å²) >= 11 is 0. The van der Waals surface area contributed by atoms with Gasteiger partial charge >= 0.3 is 0 Å². The number of rotatable bonds is 10. The molecule has 1 aliphatic heterocycles. The summed E-state index contributed by atoms with van der Waals surface area (Å²) in [5, 5.41) is 3.31. The van der Waals surface area contributed by atoms with E-state index in [0.717, 1.165) is 54.2 Å². The van der Waals surface area contributed by atoms with Crippen LogP contribution in [0.15, 0.2) is 79.5 Å². The van der Waals surface area contributed by atoms with Crippen LogP contribution in [0, 0.1) is 11.6 Å². The van der Waals surface area contributed by atoms with E-state index < -0.39 is 5.82 Å². The Morgan fingerprint density at radius 1 is 1.05 bits per heavy atom. The third kappa shape index (κ3) is 6.77. The largest absolute Gasteiger partial charge is 0.495 e. The zero-order valence-corrected chi connectivity index (χ0v) is 23.0. The van der Waals surface area contributed by atoms with Crippen LogP contribution >= 0.6 is 0 Å². The number of aromatic nitrogens is 2. The molecule has 5 rings (SSSR count). The lowest BCUT2D eigenvalue weighted by Gasteiger charge is -2.30. The fourth-order valence-electron chi connectivity index (χ4n) is 5.11. The maximum atomic E-state index is 14.6. The molecule has 8 heteroatoms. The summed E-state index contributed by atoms with van der Waals surface area (Å²) in [6.07, 6.45) is 6.64. The van der Waals surface area contributed by atoms with Crippen LogP contribution in [-0.2, 0) is 17.6 Å². The van der Waals surface area contributed by atoms with E-state index in [1.807, 2.05) is 24.3 Å². The van der Waals surface area contributed by atoms with Gasteiger partial charge in [0.05, 0.1) is 18.5 Å². The van der Waals surface area contributed by atoms with E-state index in [4.69, 9.17) is 9.72 Å². The molecule has 0 aliphatic carbocycles. The molecule has 0 bridgehead atoms. The van der Waals surface area contributed by atoms with Gasteiger partial charge in [-0.05, 0) is 85.0 Å². The quantitative estimate of drug-likeness (QED) is 0.212. The third-order valence-electron chi connectivity index (χ3n) is 7.19. The predicted octanol–water partition coefficient (Wildman–Crippen LogP) is 7.05. The molecule has 0 unspecified atom stereocenters. The number of hydrogen-bond acceptors (Lipinski definition) is 6. The Morgan fingerprint density at radius 2 is 1.88 bits per heavy atom. The Labute approximate surface area is 238 Å². The molecule has 6 nitrogen and oxygen atoms in total. The normalized spacial score (nSPS) is 13.1. The van der Waals surface area contributed by atoms with Gasteiger partial charge in [0.15, 0.2) is 5.78 Å². The lowest BCUT2D eigenvalue weighted by Crippen LogP contribution is -2.29. The number of ether oxygens (including phenoxy) is 1. The highest BCUT2D eigenvalue weighted by atomic mass is 19.1. The minimum Gasteiger partial charge on any atom is -0.495 e. The summed E-state index contributed by atoms with van der Waals surface area (Å²) in [6.45, 7) is 5.43.